The predicted octanol–water partition coefficient (Wildman–Crippen LogP) is 2.83. The fourth-order valence-electron chi connectivity index (χ4n) is 1.84. The largest absolute Gasteiger partial charge is 0.491 e. The summed E-state index contributed by atoms with van der Waals surface area (Å²) in [5, 5.41) is 13.8. The number of ether oxygens (including phenoxy) is 1. The summed E-state index contributed by atoms with van der Waals surface area (Å²) in [6, 6.07) is 11.1. The summed E-state index contributed by atoms with van der Waals surface area (Å²) >= 11 is 5.80. The van der Waals surface area contributed by atoms with Crippen molar-refractivity contribution in [3.8, 4) is 5.75 Å². The van der Waals surface area contributed by atoms with E-state index in [1.54, 1.807) is 30.5 Å². The first kappa shape index (κ1) is 15.8. The van der Waals surface area contributed by atoms with Crippen LogP contribution in [-0.2, 0) is 0 Å². The highest BCUT2D eigenvalue weighted by Crippen LogP contribution is 2.15. The summed E-state index contributed by atoms with van der Waals surface area (Å²) in [4.78, 5) is 4.08. The van der Waals surface area contributed by atoms with Crippen molar-refractivity contribution in [3.05, 3.63) is 59.4 Å². The van der Waals surface area contributed by atoms with Gasteiger partial charge in [-0.2, -0.15) is 0 Å². The molecule has 2 aromatic rings. The maximum atomic E-state index is 9.93. The van der Waals surface area contributed by atoms with Crippen LogP contribution in [0.5, 0.6) is 5.75 Å². The number of nitrogens with one attached hydrogen (secondary N) is 1. The fraction of sp³-hybridized carbons (Fsp3) is 0.312. The Kier molecular flexibility index (Phi) is 5.99. The van der Waals surface area contributed by atoms with Crippen molar-refractivity contribution in [2.24, 2.45) is 0 Å². The maximum Gasteiger partial charge on any atom is 0.119 e. The van der Waals surface area contributed by atoms with E-state index in [9.17, 15) is 5.11 Å². The van der Waals surface area contributed by atoms with Crippen LogP contribution < -0.4 is 10.1 Å². The Morgan fingerprint density at radius 1 is 1.29 bits per heavy atom. The average Bonchev–Trinajstić information content (AvgIpc) is 2.53. The molecule has 0 saturated heterocycles. The van der Waals surface area contributed by atoms with E-state index in [2.05, 4.69) is 10.3 Å². The molecule has 1 aromatic heterocycles. The molecule has 5 heteroatoms. The van der Waals surface area contributed by atoms with E-state index in [0.717, 1.165) is 5.56 Å². The summed E-state index contributed by atoms with van der Waals surface area (Å²) in [5.74, 6) is 0.693. The molecule has 2 atom stereocenters. The quantitative estimate of drug-likeness (QED) is 0.826. The van der Waals surface area contributed by atoms with Crippen LogP contribution in [0.4, 0.5) is 0 Å². The minimum absolute atomic E-state index is 0.129. The Morgan fingerprint density at radius 2 is 2.05 bits per heavy atom. The zero-order valence-electron chi connectivity index (χ0n) is 11.9. The third-order valence-corrected chi connectivity index (χ3v) is 3.35. The lowest BCUT2D eigenvalue weighted by molar-refractivity contribution is 0.104. The van der Waals surface area contributed by atoms with Crippen molar-refractivity contribution in [1.82, 2.24) is 10.3 Å². The molecule has 4 nitrogen and oxygen atoms in total. The Hall–Kier alpha value is -1.62. The van der Waals surface area contributed by atoms with Gasteiger partial charge in [0.1, 0.15) is 18.5 Å². The van der Waals surface area contributed by atoms with Gasteiger partial charge in [0.15, 0.2) is 0 Å². The molecular formula is C16H19ClN2O2. The van der Waals surface area contributed by atoms with Crippen LogP contribution in [0, 0.1) is 0 Å². The zero-order chi connectivity index (χ0) is 15.1. The Bertz CT molecular complexity index is 534. The van der Waals surface area contributed by atoms with Crippen molar-refractivity contribution in [2.45, 2.75) is 19.1 Å². The van der Waals surface area contributed by atoms with Gasteiger partial charge in [-0.25, -0.2) is 0 Å². The van der Waals surface area contributed by atoms with Crippen LogP contribution in [0.25, 0.3) is 0 Å². The van der Waals surface area contributed by atoms with Gasteiger partial charge < -0.3 is 15.2 Å². The van der Waals surface area contributed by atoms with E-state index >= 15 is 0 Å². The van der Waals surface area contributed by atoms with E-state index in [4.69, 9.17) is 16.3 Å². The standard InChI is InChI=1S/C16H19ClN2O2/c1-12(13-3-2-8-18-9-13)19-10-15(20)11-21-16-6-4-14(17)5-7-16/h2-9,12,15,19-20H,10-11H2,1H3/t12-,15?/m1/s1. The van der Waals surface area contributed by atoms with E-state index in [1.165, 1.54) is 0 Å². The minimum atomic E-state index is -0.584. The highest BCUT2D eigenvalue weighted by molar-refractivity contribution is 6.30. The SMILES string of the molecule is C[C@@H](NCC(O)COc1ccc(Cl)cc1)c1cccnc1. The van der Waals surface area contributed by atoms with Crippen molar-refractivity contribution in [1.29, 1.82) is 0 Å². The van der Waals surface area contributed by atoms with Crippen LogP contribution in [0.3, 0.4) is 0 Å². The van der Waals surface area contributed by atoms with Crippen LogP contribution in [-0.4, -0.2) is 29.3 Å². The van der Waals surface area contributed by atoms with Crippen LogP contribution in [0.15, 0.2) is 48.8 Å². The van der Waals surface area contributed by atoms with Gasteiger partial charge in [0, 0.05) is 30.0 Å². The van der Waals surface area contributed by atoms with Gasteiger partial charge in [0.25, 0.3) is 0 Å². The predicted molar refractivity (Wildman–Crippen MR) is 83.6 cm³/mol. The lowest BCUT2D eigenvalue weighted by Crippen LogP contribution is -2.33. The van der Waals surface area contributed by atoms with Crippen LogP contribution >= 0.6 is 11.6 Å². The molecule has 2 rings (SSSR count). The first-order valence-electron chi connectivity index (χ1n) is 6.85. The molecule has 0 radical (unpaired) electrons. The summed E-state index contributed by atoms with van der Waals surface area (Å²) in [6.07, 6.45) is 2.97. The van der Waals surface area contributed by atoms with Gasteiger partial charge in [0.05, 0.1) is 0 Å². The van der Waals surface area contributed by atoms with Gasteiger partial charge in [0.2, 0.25) is 0 Å². The fourth-order valence-corrected chi connectivity index (χ4v) is 1.97. The molecule has 112 valence electrons. The van der Waals surface area contributed by atoms with Gasteiger partial charge in [-0.1, -0.05) is 17.7 Å². The number of nitrogens with zero attached hydrogens (tertiary/aromatic N) is 1. The maximum absolute atomic E-state index is 9.93. The molecule has 0 aliphatic heterocycles. The van der Waals surface area contributed by atoms with Gasteiger partial charge in [-0.05, 0) is 42.8 Å². The number of halogens is 1. The van der Waals surface area contributed by atoms with Gasteiger partial charge >= 0.3 is 0 Å². The summed E-state index contributed by atoms with van der Waals surface area (Å²) in [7, 11) is 0. The smallest absolute Gasteiger partial charge is 0.119 e. The molecule has 1 unspecified atom stereocenters. The number of hydrogen-bond donors (Lipinski definition) is 2. The van der Waals surface area contributed by atoms with Crippen LogP contribution in [0.1, 0.15) is 18.5 Å². The van der Waals surface area contributed by atoms with Crippen LogP contribution in [0.2, 0.25) is 5.02 Å². The number of aromatic nitrogens is 1. The molecule has 0 aliphatic carbocycles. The molecule has 0 bridgehead atoms. The molecule has 0 saturated carbocycles. The van der Waals surface area contributed by atoms with E-state index in [-0.39, 0.29) is 12.6 Å². The van der Waals surface area contributed by atoms with Crippen molar-refractivity contribution >= 4 is 11.6 Å². The highest BCUT2D eigenvalue weighted by atomic mass is 35.5. The second kappa shape index (κ2) is 7.98. The summed E-state index contributed by atoms with van der Waals surface area (Å²) in [5.41, 5.74) is 1.09. The van der Waals surface area contributed by atoms with E-state index in [0.29, 0.717) is 17.3 Å². The lowest BCUT2D eigenvalue weighted by atomic mass is 10.1. The number of rotatable bonds is 7. The second-order valence-corrected chi connectivity index (χ2v) is 5.27. The molecule has 2 N–H and O–H groups in total. The number of hydrogen-bond acceptors (Lipinski definition) is 4. The molecule has 0 amide bonds. The normalized spacial score (nSPS) is 13.7. The van der Waals surface area contributed by atoms with Gasteiger partial charge in [-0.3, -0.25) is 4.98 Å². The van der Waals surface area contributed by atoms with Gasteiger partial charge in [-0.15, -0.1) is 0 Å². The Morgan fingerprint density at radius 3 is 2.71 bits per heavy atom. The van der Waals surface area contributed by atoms with Crippen molar-refractivity contribution < 1.29 is 9.84 Å². The first-order chi connectivity index (χ1) is 10.1. The second-order valence-electron chi connectivity index (χ2n) is 4.84. The lowest BCUT2D eigenvalue weighted by Gasteiger charge is -2.17. The average molecular weight is 307 g/mol. The topological polar surface area (TPSA) is 54.4 Å². The zero-order valence-corrected chi connectivity index (χ0v) is 12.6. The molecular weight excluding hydrogens is 288 g/mol. The molecule has 1 aromatic carbocycles. The first-order valence-corrected chi connectivity index (χ1v) is 7.22. The molecule has 1 heterocycles. The number of aliphatic hydroxyl groups is 1. The summed E-state index contributed by atoms with van der Waals surface area (Å²) < 4.78 is 5.50. The van der Waals surface area contributed by atoms with E-state index < -0.39 is 6.10 Å². The highest BCUT2D eigenvalue weighted by Gasteiger charge is 2.09. The minimum Gasteiger partial charge on any atom is -0.491 e. The van der Waals surface area contributed by atoms with Crippen molar-refractivity contribution in [3.63, 3.8) is 0 Å². The molecule has 0 aliphatic rings. The third kappa shape index (κ3) is 5.34. The number of aliphatic hydroxyl groups excluding tert-OH is 1. The molecule has 21 heavy (non-hydrogen) atoms. The van der Waals surface area contributed by atoms with E-state index in [1.807, 2.05) is 25.3 Å². The Labute approximate surface area is 129 Å². The van der Waals surface area contributed by atoms with Crippen molar-refractivity contribution in [2.75, 3.05) is 13.2 Å². The molecule has 0 spiro atoms. The molecule has 0 fully saturated rings. The summed E-state index contributed by atoms with van der Waals surface area (Å²) in [6.45, 7) is 2.71. The third-order valence-electron chi connectivity index (χ3n) is 3.10. The monoisotopic (exact) mass is 306 g/mol. The number of pyridine rings is 1. The Balaban J connectivity index is 1.72. The number of benzene rings is 1.